The van der Waals surface area contributed by atoms with Gasteiger partial charge in [-0.2, -0.15) is 8.42 Å². The second-order valence-electron chi connectivity index (χ2n) is 4.44. The molecule has 0 heterocycles. The SMILES string of the molecule is COC(=O)c1ccccc1OS(=O)(=O)c1cc(F)ccc1C. The number of para-hydroxylation sites is 1. The second kappa shape index (κ2) is 6.15. The van der Waals surface area contributed by atoms with Gasteiger partial charge in [0.1, 0.15) is 16.3 Å². The van der Waals surface area contributed by atoms with Crippen molar-refractivity contribution in [1.29, 1.82) is 0 Å². The summed E-state index contributed by atoms with van der Waals surface area (Å²) in [5.74, 6) is -1.62. The number of hydrogen-bond donors (Lipinski definition) is 0. The lowest BCUT2D eigenvalue weighted by atomic mass is 10.2. The van der Waals surface area contributed by atoms with E-state index in [0.29, 0.717) is 5.56 Å². The molecule has 0 radical (unpaired) electrons. The number of methoxy groups -OCH3 is 1. The van der Waals surface area contributed by atoms with Crippen molar-refractivity contribution in [2.45, 2.75) is 11.8 Å². The molecular formula is C15H13FO5S. The molecule has 0 saturated carbocycles. The molecule has 0 bridgehead atoms. The predicted octanol–water partition coefficient (Wildman–Crippen LogP) is 2.69. The normalized spacial score (nSPS) is 11.0. The summed E-state index contributed by atoms with van der Waals surface area (Å²) in [6.07, 6.45) is 0. The molecular weight excluding hydrogens is 311 g/mol. The Balaban J connectivity index is 2.46. The van der Waals surface area contributed by atoms with Crippen molar-refractivity contribution in [2.75, 3.05) is 7.11 Å². The Bertz CT molecular complexity index is 814. The van der Waals surface area contributed by atoms with E-state index in [-0.39, 0.29) is 16.2 Å². The lowest BCUT2D eigenvalue weighted by Crippen LogP contribution is -2.14. The van der Waals surface area contributed by atoms with Gasteiger partial charge in [-0.25, -0.2) is 9.18 Å². The number of carbonyl (C=O) groups is 1. The number of ether oxygens (including phenoxy) is 1. The van der Waals surface area contributed by atoms with E-state index in [1.54, 1.807) is 6.07 Å². The van der Waals surface area contributed by atoms with Crippen LogP contribution >= 0.6 is 0 Å². The van der Waals surface area contributed by atoms with Gasteiger partial charge in [0.25, 0.3) is 0 Å². The third-order valence-electron chi connectivity index (χ3n) is 2.91. The number of halogens is 1. The maximum absolute atomic E-state index is 13.3. The minimum Gasteiger partial charge on any atom is -0.465 e. The molecule has 0 amide bonds. The quantitative estimate of drug-likeness (QED) is 0.639. The standard InChI is InChI=1S/C15H13FO5S/c1-10-7-8-11(16)9-14(10)22(18,19)21-13-6-4-3-5-12(13)15(17)20-2/h3-9H,1-2H3. The Morgan fingerprint density at radius 1 is 1.14 bits per heavy atom. The molecule has 0 spiro atoms. The Kier molecular flexibility index (Phi) is 4.46. The van der Waals surface area contributed by atoms with Crippen LogP contribution in [0.5, 0.6) is 5.75 Å². The number of benzene rings is 2. The minimum atomic E-state index is -4.28. The largest absolute Gasteiger partial charge is 0.465 e. The van der Waals surface area contributed by atoms with Crippen LogP contribution < -0.4 is 4.18 Å². The molecule has 0 saturated heterocycles. The van der Waals surface area contributed by atoms with Crippen molar-refractivity contribution in [3.05, 3.63) is 59.4 Å². The van der Waals surface area contributed by atoms with Gasteiger partial charge in [0.05, 0.1) is 7.11 Å². The van der Waals surface area contributed by atoms with E-state index < -0.39 is 21.9 Å². The van der Waals surface area contributed by atoms with Crippen molar-refractivity contribution in [3.8, 4) is 5.75 Å². The molecule has 2 aromatic carbocycles. The molecule has 116 valence electrons. The van der Waals surface area contributed by atoms with Crippen LogP contribution in [-0.2, 0) is 14.9 Å². The lowest BCUT2D eigenvalue weighted by molar-refractivity contribution is 0.0599. The van der Waals surface area contributed by atoms with Crippen LogP contribution in [0.1, 0.15) is 15.9 Å². The van der Waals surface area contributed by atoms with Crippen molar-refractivity contribution in [3.63, 3.8) is 0 Å². The maximum atomic E-state index is 13.3. The Morgan fingerprint density at radius 3 is 2.50 bits per heavy atom. The minimum absolute atomic E-state index is 0.0392. The van der Waals surface area contributed by atoms with Gasteiger partial charge in [-0.3, -0.25) is 0 Å². The molecule has 0 N–H and O–H groups in total. The van der Waals surface area contributed by atoms with Gasteiger partial charge in [0.15, 0.2) is 5.75 Å². The van der Waals surface area contributed by atoms with Crippen LogP contribution in [0.4, 0.5) is 4.39 Å². The van der Waals surface area contributed by atoms with Crippen molar-refractivity contribution >= 4 is 16.1 Å². The number of carbonyl (C=O) groups excluding carboxylic acids is 1. The highest BCUT2D eigenvalue weighted by molar-refractivity contribution is 7.87. The van der Waals surface area contributed by atoms with E-state index in [0.717, 1.165) is 12.1 Å². The average Bonchev–Trinajstić information content (AvgIpc) is 2.49. The van der Waals surface area contributed by atoms with E-state index >= 15 is 0 Å². The molecule has 7 heteroatoms. The van der Waals surface area contributed by atoms with Crippen LogP contribution in [0.3, 0.4) is 0 Å². The fourth-order valence-electron chi connectivity index (χ4n) is 1.82. The molecule has 2 aromatic rings. The van der Waals surface area contributed by atoms with Crippen molar-refractivity contribution in [1.82, 2.24) is 0 Å². The summed E-state index contributed by atoms with van der Waals surface area (Å²) in [6.45, 7) is 1.52. The van der Waals surface area contributed by atoms with Gasteiger partial charge < -0.3 is 8.92 Å². The van der Waals surface area contributed by atoms with E-state index in [1.807, 2.05) is 0 Å². The van der Waals surface area contributed by atoms with Gasteiger partial charge in [-0.05, 0) is 36.8 Å². The Hall–Kier alpha value is -2.41. The van der Waals surface area contributed by atoms with E-state index in [9.17, 15) is 17.6 Å². The van der Waals surface area contributed by atoms with Crippen LogP contribution in [0.15, 0.2) is 47.4 Å². The van der Waals surface area contributed by atoms with Crippen LogP contribution in [0.25, 0.3) is 0 Å². The summed E-state index contributed by atoms with van der Waals surface area (Å²) < 4.78 is 47.4. The predicted molar refractivity (Wildman–Crippen MR) is 76.7 cm³/mol. The maximum Gasteiger partial charge on any atom is 0.341 e. The molecule has 22 heavy (non-hydrogen) atoms. The average molecular weight is 324 g/mol. The number of hydrogen-bond acceptors (Lipinski definition) is 5. The fourth-order valence-corrected chi connectivity index (χ4v) is 3.02. The monoisotopic (exact) mass is 324 g/mol. The zero-order chi connectivity index (χ0) is 16.3. The highest BCUT2D eigenvalue weighted by Crippen LogP contribution is 2.25. The third-order valence-corrected chi connectivity index (χ3v) is 4.29. The zero-order valence-electron chi connectivity index (χ0n) is 11.9. The van der Waals surface area contributed by atoms with Crippen LogP contribution in [0, 0.1) is 12.7 Å². The zero-order valence-corrected chi connectivity index (χ0v) is 12.7. The molecule has 0 fully saturated rings. The van der Waals surface area contributed by atoms with Crippen LogP contribution in [-0.4, -0.2) is 21.5 Å². The topological polar surface area (TPSA) is 69.7 Å². The summed E-state index contributed by atoms with van der Waals surface area (Å²) in [4.78, 5) is 11.3. The van der Waals surface area contributed by atoms with Gasteiger partial charge in [-0.15, -0.1) is 0 Å². The third kappa shape index (κ3) is 3.25. The highest BCUT2D eigenvalue weighted by atomic mass is 32.2. The second-order valence-corrected chi connectivity index (χ2v) is 5.95. The fraction of sp³-hybridized carbons (Fsp3) is 0.133. The lowest BCUT2D eigenvalue weighted by Gasteiger charge is -2.11. The molecule has 5 nitrogen and oxygen atoms in total. The van der Waals surface area contributed by atoms with E-state index in [2.05, 4.69) is 4.74 Å². The molecule has 0 atom stereocenters. The molecule has 0 aliphatic rings. The first-order chi connectivity index (χ1) is 10.3. The van der Waals surface area contributed by atoms with Crippen molar-refractivity contribution in [2.24, 2.45) is 0 Å². The van der Waals surface area contributed by atoms with Crippen LogP contribution in [0.2, 0.25) is 0 Å². The van der Waals surface area contributed by atoms with E-state index in [1.165, 1.54) is 38.3 Å². The molecule has 0 aromatic heterocycles. The number of esters is 1. The molecule has 0 unspecified atom stereocenters. The summed E-state index contributed by atoms with van der Waals surface area (Å²) in [7, 11) is -3.11. The number of aryl methyl sites for hydroxylation is 1. The summed E-state index contributed by atoms with van der Waals surface area (Å²) in [5.41, 5.74) is 0.291. The summed E-state index contributed by atoms with van der Waals surface area (Å²) in [6, 6.07) is 9.09. The molecule has 0 aliphatic heterocycles. The number of rotatable bonds is 4. The smallest absolute Gasteiger partial charge is 0.341 e. The van der Waals surface area contributed by atoms with Gasteiger partial charge in [0.2, 0.25) is 0 Å². The van der Waals surface area contributed by atoms with Gasteiger partial charge >= 0.3 is 16.1 Å². The first kappa shape index (κ1) is 16.0. The first-order valence-corrected chi connectivity index (χ1v) is 7.64. The Morgan fingerprint density at radius 2 is 1.82 bits per heavy atom. The molecule has 2 rings (SSSR count). The van der Waals surface area contributed by atoms with Gasteiger partial charge in [0, 0.05) is 0 Å². The van der Waals surface area contributed by atoms with E-state index in [4.69, 9.17) is 4.18 Å². The summed E-state index contributed by atoms with van der Waals surface area (Å²) in [5, 5.41) is 0. The molecule has 0 aliphatic carbocycles. The first-order valence-electron chi connectivity index (χ1n) is 6.23. The Labute approximate surface area is 127 Å². The highest BCUT2D eigenvalue weighted by Gasteiger charge is 2.23. The van der Waals surface area contributed by atoms with Gasteiger partial charge in [-0.1, -0.05) is 18.2 Å². The summed E-state index contributed by atoms with van der Waals surface area (Å²) >= 11 is 0. The van der Waals surface area contributed by atoms with Crippen molar-refractivity contribution < 1.29 is 26.5 Å².